The summed E-state index contributed by atoms with van der Waals surface area (Å²) in [4.78, 5) is 5.96. The maximum atomic E-state index is 9.26. The van der Waals surface area contributed by atoms with Crippen molar-refractivity contribution < 1.29 is 4.74 Å². The summed E-state index contributed by atoms with van der Waals surface area (Å²) >= 11 is 0. The van der Waals surface area contributed by atoms with Crippen molar-refractivity contribution in [3.05, 3.63) is 35.4 Å². The molecule has 1 aromatic heterocycles. The van der Waals surface area contributed by atoms with E-state index in [1.54, 1.807) is 18.3 Å². The molecule has 0 unspecified atom stereocenters. The monoisotopic (exact) mass is 298 g/mol. The van der Waals surface area contributed by atoms with Crippen LogP contribution in [0.25, 0.3) is 0 Å². The van der Waals surface area contributed by atoms with Gasteiger partial charge in [0.05, 0.1) is 13.4 Å². The number of hydrogen-bond donors (Lipinski definition) is 2. The lowest BCUT2D eigenvalue weighted by Gasteiger charge is -2.05. The van der Waals surface area contributed by atoms with Crippen LogP contribution in [0.1, 0.15) is 11.1 Å². The zero-order valence-electron chi connectivity index (χ0n) is 12.8. The van der Waals surface area contributed by atoms with Crippen LogP contribution in [0.15, 0.2) is 29.3 Å². The zero-order chi connectivity index (χ0) is 15.9. The Balaban J connectivity index is 2.08. The van der Waals surface area contributed by atoms with Gasteiger partial charge in [0.25, 0.3) is 0 Å². The van der Waals surface area contributed by atoms with Crippen LogP contribution in [0.5, 0.6) is 5.75 Å². The van der Waals surface area contributed by atoms with Crippen molar-refractivity contribution in [1.82, 2.24) is 15.1 Å². The molecular formula is C15H18N6O. The Morgan fingerprint density at radius 3 is 2.73 bits per heavy atom. The van der Waals surface area contributed by atoms with Gasteiger partial charge in [-0.1, -0.05) is 12.1 Å². The van der Waals surface area contributed by atoms with Crippen LogP contribution in [-0.2, 0) is 6.54 Å². The van der Waals surface area contributed by atoms with E-state index in [2.05, 4.69) is 26.6 Å². The van der Waals surface area contributed by atoms with Gasteiger partial charge in [-0.25, -0.2) is 4.99 Å². The van der Waals surface area contributed by atoms with Crippen LogP contribution in [0.3, 0.4) is 0 Å². The summed E-state index contributed by atoms with van der Waals surface area (Å²) in [6.45, 7) is 0.556. The van der Waals surface area contributed by atoms with E-state index in [0.29, 0.717) is 23.7 Å². The van der Waals surface area contributed by atoms with Gasteiger partial charge in [0.2, 0.25) is 0 Å². The molecule has 0 aliphatic heterocycles. The second-order valence-corrected chi connectivity index (χ2v) is 4.82. The average molecular weight is 298 g/mol. The number of nitrogens with zero attached hydrogens (tertiary/aromatic N) is 4. The molecule has 0 spiro atoms. The number of H-pyrrole nitrogens is 1. The minimum absolute atomic E-state index is 0.395. The standard InChI is InChI=1S/C15H18N6O/c1-21(2)10-18-15-13(8-16)14(19-20-15)17-9-11-4-6-12(22-3)7-5-11/h4-7,10H,9H2,1-3H3,(H2,17,19,20). The highest BCUT2D eigenvalue weighted by Crippen LogP contribution is 2.23. The fourth-order valence-corrected chi connectivity index (χ4v) is 1.76. The molecule has 0 bridgehead atoms. The Kier molecular flexibility index (Phi) is 4.98. The molecule has 0 radical (unpaired) electrons. The van der Waals surface area contributed by atoms with E-state index in [-0.39, 0.29) is 0 Å². The molecule has 0 saturated heterocycles. The summed E-state index contributed by atoms with van der Waals surface area (Å²) < 4.78 is 5.12. The number of rotatable bonds is 6. The lowest BCUT2D eigenvalue weighted by atomic mass is 10.2. The number of nitriles is 1. The van der Waals surface area contributed by atoms with E-state index in [9.17, 15) is 5.26 Å². The van der Waals surface area contributed by atoms with Crippen molar-refractivity contribution in [3.8, 4) is 11.8 Å². The van der Waals surface area contributed by atoms with Gasteiger partial charge in [-0.2, -0.15) is 10.4 Å². The van der Waals surface area contributed by atoms with Crippen molar-refractivity contribution in [2.45, 2.75) is 6.54 Å². The highest BCUT2D eigenvalue weighted by atomic mass is 16.5. The molecule has 2 aromatic rings. The van der Waals surface area contributed by atoms with Crippen LogP contribution in [0, 0.1) is 11.3 Å². The quantitative estimate of drug-likeness (QED) is 0.630. The number of hydrogen-bond acceptors (Lipinski definition) is 5. The lowest BCUT2D eigenvalue weighted by Crippen LogP contribution is -2.07. The second kappa shape index (κ2) is 7.13. The zero-order valence-corrected chi connectivity index (χ0v) is 12.8. The molecule has 1 heterocycles. The normalized spacial score (nSPS) is 10.5. The predicted molar refractivity (Wildman–Crippen MR) is 85.5 cm³/mol. The first-order chi connectivity index (χ1) is 10.6. The van der Waals surface area contributed by atoms with Crippen molar-refractivity contribution in [2.75, 3.05) is 26.5 Å². The highest BCUT2D eigenvalue weighted by Gasteiger charge is 2.11. The second-order valence-electron chi connectivity index (χ2n) is 4.82. The first kappa shape index (κ1) is 15.4. The van der Waals surface area contributed by atoms with Crippen LogP contribution in [-0.4, -0.2) is 42.6 Å². The molecule has 0 fully saturated rings. The van der Waals surface area contributed by atoms with E-state index in [1.807, 2.05) is 38.4 Å². The first-order valence-electron chi connectivity index (χ1n) is 6.70. The van der Waals surface area contributed by atoms with Gasteiger partial charge in [0.1, 0.15) is 17.4 Å². The maximum absolute atomic E-state index is 9.26. The Labute approximate surface area is 129 Å². The third kappa shape index (κ3) is 3.76. The largest absolute Gasteiger partial charge is 0.497 e. The Morgan fingerprint density at radius 2 is 2.14 bits per heavy atom. The van der Waals surface area contributed by atoms with Gasteiger partial charge in [0.15, 0.2) is 11.6 Å². The van der Waals surface area contributed by atoms with Gasteiger partial charge >= 0.3 is 0 Å². The fraction of sp³-hybridized carbons (Fsp3) is 0.267. The number of aromatic amines is 1. The minimum Gasteiger partial charge on any atom is -0.497 e. The van der Waals surface area contributed by atoms with Crippen molar-refractivity contribution in [2.24, 2.45) is 4.99 Å². The average Bonchev–Trinajstić information content (AvgIpc) is 2.93. The Morgan fingerprint density at radius 1 is 1.41 bits per heavy atom. The smallest absolute Gasteiger partial charge is 0.169 e. The Bertz CT molecular complexity index is 681. The van der Waals surface area contributed by atoms with Gasteiger partial charge in [0, 0.05) is 20.6 Å². The molecule has 0 saturated carbocycles. The first-order valence-corrected chi connectivity index (χ1v) is 6.70. The minimum atomic E-state index is 0.395. The molecule has 0 atom stereocenters. The highest BCUT2D eigenvalue weighted by molar-refractivity contribution is 5.68. The van der Waals surface area contributed by atoms with Crippen molar-refractivity contribution >= 4 is 18.0 Å². The summed E-state index contributed by atoms with van der Waals surface area (Å²) in [6.07, 6.45) is 1.61. The molecule has 22 heavy (non-hydrogen) atoms. The van der Waals surface area contributed by atoms with Gasteiger partial charge < -0.3 is 15.0 Å². The van der Waals surface area contributed by atoms with E-state index in [0.717, 1.165) is 11.3 Å². The summed E-state index contributed by atoms with van der Waals surface area (Å²) in [5.41, 5.74) is 1.46. The van der Waals surface area contributed by atoms with Gasteiger partial charge in [-0.15, -0.1) is 0 Å². The van der Waals surface area contributed by atoms with E-state index in [1.165, 1.54) is 0 Å². The molecule has 2 N–H and O–H groups in total. The molecule has 0 aliphatic rings. The van der Waals surface area contributed by atoms with Crippen LogP contribution in [0.2, 0.25) is 0 Å². The molecule has 2 rings (SSSR count). The number of benzene rings is 1. The molecule has 0 aliphatic carbocycles. The lowest BCUT2D eigenvalue weighted by molar-refractivity contribution is 0.414. The summed E-state index contributed by atoms with van der Waals surface area (Å²) in [5.74, 6) is 1.74. The van der Waals surface area contributed by atoms with Crippen LogP contribution >= 0.6 is 0 Å². The van der Waals surface area contributed by atoms with Crippen molar-refractivity contribution in [3.63, 3.8) is 0 Å². The number of nitrogens with one attached hydrogen (secondary N) is 2. The SMILES string of the molecule is COc1ccc(CNc2n[nH]c(N=CN(C)C)c2C#N)cc1. The summed E-state index contributed by atoms with van der Waals surface area (Å²) in [7, 11) is 5.34. The molecule has 1 aromatic carbocycles. The predicted octanol–water partition coefficient (Wildman–Crippen LogP) is 2.12. The summed E-state index contributed by atoms with van der Waals surface area (Å²) in [5, 5.41) is 19.3. The topological polar surface area (TPSA) is 89.3 Å². The number of aliphatic imine (C=N–C) groups is 1. The van der Waals surface area contributed by atoms with E-state index < -0.39 is 0 Å². The molecule has 7 heteroatoms. The van der Waals surface area contributed by atoms with E-state index >= 15 is 0 Å². The fourth-order valence-electron chi connectivity index (χ4n) is 1.76. The number of anilines is 1. The van der Waals surface area contributed by atoms with Gasteiger partial charge in [-0.3, -0.25) is 5.10 Å². The third-order valence-corrected chi connectivity index (χ3v) is 2.90. The molecule has 7 nitrogen and oxygen atoms in total. The summed E-state index contributed by atoms with van der Waals surface area (Å²) in [6, 6.07) is 9.80. The third-order valence-electron chi connectivity index (χ3n) is 2.90. The van der Waals surface area contributed by atoms with Gasteiger partial charge in [-0.05, 0) is 17.7 Å². The van der Waals surface area contributed by atoms with E-state index in [4.69, 9.17) is 4.74 Å². The number of methoxy groups -OCH3 is 1. The van der Waals surface area contributed by atoms with Crippen LogP contribution < -0.4 is 10.1 Å². The Hall–Kier alpha value is -3.01. The molecular weight excluding hydrogens is 280 g/mol. The maximum Gasteiger partial charge on any atom is 0.169 e. The van der Waals surface area contributed by atoms with Crippen molar-refractivity contribution in [1.29, 1.82) is 5.26 Å². The number of aromatic nitrogens is 2. The molecule has 0 amide bonds. The molecule has 114 valence electrons. The van der Waals surface area contributed by atoms with Crippen LogP contribution in [0.4, 0.5) is 11.6 Å². The number of ether oxygens (including phenoxy) is 1.